The van der Waals surface area contributed by atoms with Crippen molar-refractivity contribution in [3.8, 4) is 5.75 Å². The monoisotopic (exact) mass is 265 g/mol. The number of hydrogen-bond acceptors (Lipinski definition) is 6. The highest BCUT2D eigenvalue weighted by Gasteiger charge is 2.06. The summed E-state index contributed by atoms with van der Waals surface area (Å²) in [7, 11) is 0. The zero-order chi connectivity index (χ0) is 14.3. The summed E-state index contributed by atoms with van der Waals surface area (Å²) in [6, 6.07) is 4.98. The molecular weight excluding hydrogens is 254 g/mol. The molecule has 7 heteroatoms. The molecule has 100 valence electrons. The van der Waals surface area contributed by atoms with E-state index in [0.717, 1.165) is 12.2 Å². The Morgan fingerprint density at radius 1 is 1.21 bits per heavy atom. The van der Waals surface area contributed by atoms with E-state index in [-0.39, 0.29) is 18.0 Å². The Kier molecular flexibility index (Phi) is 5.21. The molecule has 0 N–H and O–H groups in total. The van der Waals surface area contributed by atoms with Crippen molar-refractivity contribution in [2.45, 2.75) is 6.92 Å². The number of nitro groups is 1. The number of nitro benzene ring substituents is 1. The first-order valence-corrected chi connectivity index (χ1v) is 5.34. The summed E-state index contributed by atoms with van der Waals surface area (Å²) in [4.78, 5) is 32.1. The largest absolute Gasteiger partial charge is 0.463 e. The summed E-state index contributed by atoms with van der Waals surface area (Å²) >= 11 is 0. The Balaban J connectivity index is 2.57. The van der Waals surface area contributed by atoms with Gasteiger partial charge in [-0.3, -0.25) is 10.1 Å². The van der Waals surface area contributed by atoms with Gasteiger partial charge in [-0.15, -0.1) is 0 Å². The maximum atomic E-state index is 11.3. The molecule has 0 aliphatic carbocycles. The van der Waals surface area contributed by atoms with Gasteiger partial charge in [0.05, 0.1) is 11.5 Å². The van der Waals surface area contributed by atoms with Gasteiger partial charge in [-0.2, -0.15) is 0 Å². The third-order valence-electron chi connectivity index (χ3n) is 1.91. The number of carbonyl (C=O) groups is 2. The van der Waals surface area contributed by atoms with Gasteiger partial charge >= 0.3 is 11.9 Å². The van der Waals surface area contributed by atoms with E-state index in [4.69, 9.17) is 4.74 Å². The highest BCUT2D eigenvalue weighted by atomic mass is 16.6. The zero-order valence-corrected chi connectivity index (χ0v) is 10.1. The number of benzene rings is 1. The van der Waals surface area contributed by atoms with Gasteiger partial charge < -0.3 is 9.47 Å². The number of ether oxygens (including phenoxy) is 2. The molecule has 0 amide bonds. The van der Waals surface area contributed by atoms with Crippen molar-refractivity contribution in [1.82, 2.24) is 0 Å². The lowest BCUT2D eigenvalue weighted by Gasteiger charge is -2.00. The van der Waals surface area contributed by atoms with Crippen molar-refractivity contribution in [3.63, 3.8) is 0 Å². The molecule has 0 unspecified atom stereocenters. The molecule has 7 nitrogen and oxygen atoms in total. The van der Waals surface area contributed by atoms with Crippen LogP contribution in [0.5, 0.6) is 5.75 Å². The van der Waals surface area contributed by atoms with E-state index < -0.39 is 16.9 Å². The predicted molar refractivity (Wildman–Crippen MR) is 64.5 cm³/mol. The third kappa shape index (κ3) is 4.99. The minimum absolute atomic E-state index is 0.109. The molecule has 0 atom stereocenters. The first kappa shape index (κ1) is 14.4. The van der Waals surface area contributed by atoms with Crippen LogP contribution >= 0.6 is 0 Å². The lowest BCUT2D eigenvalue weighted by atomic mass is 10.3. The molecule has 0 aromatic heterocycles. The van der Waals surface area contributed by atoms with Gasteiger partial charge in [0, 0.05) is 24.3 Å². The Morgan fingerprint density at radius 3 is 2.32 bits per heavy atom. The van der Waals surface area contributed by atoms with Crippen LogP contribution in [0.3, 0.4) is 0 Å². The molecule has 1 aromatic rings. The molecule has 0 saturated heterocycles. The third-order valence-corrected chi connectivity index (χ3v) is 1.91. The predicted octanol–water partition coefficient (Wildman–Crippen LogP) is 1.62. The molecule has 0 spiro atoms. The Labute approximate surface area is 108 Å². The zero-order valence-electron chi connectivity index (χ0n) is 10.1. The van der Waals surface area contributed by atoms with E-state index >= 15 is 0 Å². The second-order valence-corrected chi connectivity index (χ2v) is 3.26. The summed E-state index contributed by atoms with van der Waals surface area (Å²) in [6.45, 7) is 1.85. The van der Waals surface area contributed by atoms with Crippen LogP contribution in [0.1, 0.15) is 6.92 Å². The van der Waals surface area contributed by atoms with Crippen molar-refractivity contribution in [2.24, 2.45) is 0 Å². The number of non-ortho nitro benzene ring substituents is 1. The van der Waals surface area contributed by atoms with Gasteiger partial charge in [0.25, 0.3) is 5.69 Å². The van der Waals surface area contributed by atoms with E-state index in [2.05, 4.69) is 4.74 Å². The van der Waals surface area contributed by atoms with Crippen molar-refractivity contribution < 1.29 is 24.0 Å². The van der Waals surface area contributed by atoms with Crippen LogP contribution in [0, 0.1) is 10.1 Å². The van der Waals surface area contributed by atoms with Gasteiger partial charge in [0.2, 0.25) is 0 Å². The molecule has 1 rings (SSSR count). The van der Waals surface area contributed by atoms with Gasteiger partial charge in [-0.1, -0.05) is 0 Å². The fourth-order valence-corrected chi connectivity index (χ4v) is 1.11. The Hall–Kier alpha value is -2.70. The molecule has 0 fully saturated rings. The van der Waals surface area contributed by atoms with Crippen molar-refractivity contribution in [3.05, 3.63) is 46.5 Å². The standard InChI is InChI=1S/C12H11NO6/c1-2-18-11(14)7-8-12(15)19-10-5-3-9(4-6-10)13(16)17/h3-8H,2H2,1H3/b8-7-. The topological polar surface area (TPSA) is 95.7 Å². The maximum absolute atomic E-state index is 11.3. The van der Waals surface area contributed by atoms with Crippen LogP contribution in [0.15, 0.2) is 36.4 Å². The van der Waals surface area contributed by atoms with Crippen LogP contribution in [0.25, 0.3) is 0 Å². The Bertz CT molecular complexity index is 505. The average Bonchev–Trinajstić information content (AvgIpc) is 2.37. The van der Waals surface area contributed by atoms with Gasteiger partial charge in [-0.05, 0) is 19.1 Å². The number of hydrogen-bond donors (Lipinski definition) is 0. The minimum atomic E-state index is -0.776. The fourth-order valence-electron chi connectivity index (χ4n) is 1.11. The van der Waals surface area contributed by atoms with Gasteiger partial charge in [0.1, 0.15) is 5.75 Å². The molecule has 0 saturated carbocycles. The molecule has 0 heterocycles. The second-order valence-electron chi connectivity index (χ2n) is 3.26. The number of rotatable bonds is 5. The molecule has 19 heavy (non-hydrogen) atoms. The summed E-state index contributed by atoms with van der Waals surface area (Å²) in [5.41, 5.74) is -0.109. The lowest BCUT2D eigenvalue weighted by Crippen LogP contribution is -2.06. The van der Waals surface area contributed by atoms with Crippen molar-refractivity contribution in [1.29, 1.82) is 0 Å². The SMILES string of the molecule is CCOC(=O)/C=C\C(=O)Oc1ccc([N+](=O)[O-])cc1. The highest BCUT2D eigenvalue weighted by Crippen LogP contribution is 2.17. The second kappa shape index (κ2) is 6.90. The lowest BCUT2D eigenvalue weighted by molar-refractivity contribution is -0.384. The van der Waals surface area contributed by atoms with E-state index in [9.17, 15) is 19.7 Å². The number of nitrogens with zero attached hydrogens (tertiary/aromatic N) is 1. The van der Waals surface area contributed by atoms with E-state index in [1.165, 1.54) is 24.3 Å². The van der Waals surface area contributed by atoms with Gasteiger partial charge in [0.15, 0.2) is 0 Å². The molecule has 0 bridgehead atoms. The normalized spacial score (nSPS) is 10.2. The van der Waals surface area contributed by atoms with Crippen LogP contribution in [0.4, 0.5) is 5.69 Å². The minimum Gasteiger partial charge on any atom is -0.463 e. The number of esters is 2. The highest BCUT2D eigenvalue weighted by molar-refractivity contribution is 5.92. The van der Waals surface area contributed by atoms with Crippen LogP contribution < -0.4 is 4.74 Å². The molecular formula is C12H11NO6. The quantitative estimate of drug-likeness (QED) is 0.264. The first-order chi connectivity index (χ1) is 9.02. The van der Waals surface area contributed by atoms with E-state index in [1.807, 2.05) is 0 Å². The summed E-state index contributed by atoms with van der Waals surface area (Å²) in [5.74, 6) is -1.28. The van der Waals surface area contributed by atoms with Crippen LogP contribution in [-0.4, -0.2) is 23.5 Å². The average molecular weight is 265 g/mol. The maximum Gasteiger partial charge on any atom is 0.336 e. The van der Waals surface area contributed by atoms with E-state index in [1.54, 1.807) is 6.92 Å². The molecule has 0 aliphatic rings. The summed E-state index contributed by atoms with van der Waals surface area (Å²) in [5, 5.41) is 10.4. The van der Waals surface area contributed by atoms with E-state index in [0.29, 0.717) is 0 Å². The molecule has 0 aliphatic heterocycles. The summed E-state index contributed by atoms with van der Waals surface area (Å²) in [6.07, 6.45) is 1.86. The number of carbonyl (C=O) groups excluding carboxylic acids is 2. The fraction of sp³-hybridized carbons (Fsp3) is 0.167. The van der Waals surface area contributed by atoms with Crippen molar-refractivity contribution in [2.75, 3.05) is 6.61 Å². The van der Waals surface area contributed by atoms with Crippen LogP contribution in [0.2, 0.25) is 0 Å². The summed E-state index contributed by atoms with van der Waals surface area (Å²) < 4.78 is 9.40. The first-order valence-electron chi connectivity index (χ1n) is 5.34. The smallest absolute Gasteiger partial charge is 0.336 e. The van der Waals surface area contributed by atoms with Gasteiger partial charge in [-0.25, -0.2) is 9.59 Å². The Morgan fingerprint density at radius 2 is 1.79 bits per heavy atom. The molecule has 0 radical (unpaired) electrons. The molecule has 1 aromatic carbocycles. The van der Waals surface area contributed by atoms with Crippen molar-refractivity contribution >= 4 is 17.6 Å². The van der Waals surface area contributed by atoms with Crippen LogP contribution in [-0.2, 0) is 14.3 Å².